The molecule has 38 heavy (non-hydrogen) atoms. The Morgan fingerprint density at radius 3 is 2.47 bits per heavy atom. The van der Waals surface area contributed by atoms with Crippen LogP contribution >= 0.6 is 11.6 Å². The Kier molecular flexibility index (Phi) is 6.98. The molecular formula is C29H34ClN7O. The minimum absolute atomic E-state index is 0.0998. The second-order valence-electron chi connectivity index (χ2n) is 10.2. The van der Waals surface area contributed by atoms with Gasteiger partial charge in [0.05, 0.1) is 19.3 Å². The first-order valence-electron chi connectivity index (χ1n) is 13.6. The van der Waals surface area contributed by atoms with E-state index in [1.165, 1.54) is 24.1 Å². The molecule has 1 N–H and O–H groups in total. The number of amides is 1. The van der Waals surface area contributed by atoms with Gasteiger partial charge in [-0.05, 0) is 49.6 Å². The summed E-state index contributed by atoms with van der Waals surface area (Å²) in [5.41, 5.74) is 5.52. The summed E-state index contributed by atoms with van der Waals surface area (Å²) in [7, 11) is 0. The highest BCUT2D eigenvalue weighted by Gasteiger charge is 2.24. The minimum Gasteiger partial charge on any atom is -0.372 e. The summed E-state index contributed by atoms with van der Waals surface area (Å²) in [6, 6.07) is 14.6. The third kappa shape index (κ3) is 4.97. The molecule has 2 fully saturated rings. The molecule has 3 aliphatic rings. The Balaban J connectivity index is 1.14. The highest BCUT2D eigenvalue weighted by atomic mass is 35.5. The van der Waals surface area contributed by atoms with Gasteiger partial charge in [0.15, 0.2) is 5.82 Å². The number of imidazole rings is 1. The predicted octanol–water partition coefficient (Wildman–Crippen LogP) is 4.31. The van der Waals surface area contributed by atoms with E-state index >= 15 is 0 Å². The zero-order valence-corrected chi connectivity index (χ0v) is 22.6. The number of anilines is 3. The Bertz CT molecular complexity index is 1340. The van der Waals surface area contributed by atoms with E-state index in [9.17, 15) is 4.79 Å². The maximum absolute atomic E-state index is 13.2. The normalized spacial score (nSPS) is 17.2. The van der Waals surface area contributed by atoms with E-state index in [2.05, 4.69) is 55.9 Å². The van der Waals surface area contributed by atoms with Crippen LogP contribution in [0.1, 0.15) is 24.2 Å². The van der Waals surface area contributed by atoms with Gasteiger partial charge < -0.3 is 24.6 Å². The maximum atomic E-state index is 13.2. The molecule has 4 heterocycles. The number of carbonyl (C=O) groups excluding carboxylic acids is 1. The number of rotatable bonds is 6. The van der Waals surface area contributed by atoms with Crippen LogP contribution in [-0.2, 0) is 11.3 Å². The van der Waals surface area contributed by atoms with Crippen molar-refractivity contribution in [1.82, 2.24) is 14.5 Å². The van der Waals surface area contributed by atoms with Crippen LogP contribution in [-0.4, -0.2) is 78.9 Å². The van der Waals surface area contributed by atoms with Crippen molar-refractivity contribution in [3.8, 4) is 11.3 Å². The summed E-state index contributed by atoms with van der Waals surface area (Å²) in [5, 5.41) is 4.19. The van der Waals surface area contributed by atoms with Crippen LogP contribution in [0.2, 0.25) is 5.02 Å². The summed E-state index contributed by atoms with van der Waals surface area (Å²) in [6.45, 7) is 9.00. The van der Waals surface area contributed by atoms with Gasteiger partial charge in [0, 0.05) is 67.8 Å². The van der Waals surface area contributed by atoms with E-state index in [-0.39, 0.29) is 12.5 Å². The topological polar surface area (TPSA) is 69.0 Å². The number of aryl methyl sites for hydroxylation is 1. The minimum atomic E-state index is 0.0998. The molecule has 0 radical (unpaired) electrons. The summed E-state index contributed by atoms with van der Waals surface area (Å²) in [5.74, 6) is 1.82. The summed E-state index contributed by atoms with van der Waals surface area (Å²) < 4.78 is 2.14. The Hall–Kier alpha value is -3.52. The van der Waals surface area contributed by atoms with E-state index in [4.69, 9.17) is 16.6 Å². The van der Waals surface area contributed by atoms with Gasteiger partial charge in [-0.1, -0.05) is 29.8 Å². The number of nitrogens with one attached hydrogen (secondary N) is 1. The molecule has 3 aromatic rings. The van der Waals surface area contributed by atoms with E-state index in [0.717, 1.165) is 66.3 Å². The monoisotopic (exact) mass is 531 g/mol. The molecule has 0 aliphatic carbocycles. The van der Waals surface area contributed by atoms with Gasteiger partial charge in [-0.2, -0.15) is 0 Å². The van der Waals surface area contributed by atoms with Crippen LogP contribution in [0.3, 0.4) is 0 Å². The largest absolute Gasteiger partial charge is 0.372 e. The first kappa shape index (κ1) is 24.8. The molecule has 2 saturated heterocycles. The molecule has 0 bridgehead atoms. The molecule has 1 aromatic heterocycles. The molecule has 0 unspecified atom stereocenters. The number of fused-ring (bicyclic) bond motifs is 1. The van der Waals surface area contributed by atoms with Crippen LogP contribution in [0.15, 0.2) is 47.5 Å². The van der Waals surface area contributed by atoms with E-state index in [1.54, 1.807) is 0 Å². The van der Waals surface area contributed by atoms with Crippen molar-refractivity contribution in [2.75, 3.05) is 67.5 Å². The molecule has 0 atom stereocenters. The number of piperazine rings is 1. The molecular weight excluding hydrogens is 498 g/mol. The van der Waals surface area contributed by atoms with Crippen molar-refractivity contribution in [1.29, 1.82) is 0 Å². The summed E-state index contributed by atoms with van der Waals surface area (Å²) >= 11 is 6.23. The lowest BCUT2D eigenvalue weighted by Gasteiger charge is -2.37. The van der Waals surface area contributed by atoms with Crippen molar-refractivity contribution >= 4 is 40.9 Å². The van der Waals surface area contributed by atoms with E-state index in [0.29, 0.717) is 19.6 Å². The number of aliphatic imine (C=N–C) groups is 1. The van der Waals surface area contributed by atoms with E-state index in [1.807, 2.05) is 29.3 Å². The number of benzene rings is 2. The number of hydrogen-bond acceptors (Lipinski definition) is 6. The van der Waals surface area contributed by atoms with Crippen molar-refractivity contribution < 1.29 is 4.79 Å². The smallest absolute Gasteiger partial charge is 0.242 e. The second kappa shape index (κ2) is 10.7. The lowest BCUT2D eigenvalue weighted by atomic mass is 10.1. The second-order valence-corrected chi connectivity index (χ2v) is 10.7. The van der Waals surface area contributed by atoms with Gasteiger partial charge in [-0.25, -0.2) is 4.98 Å². The number of hydrogen-bond donors (Lipinski definition) is 1. The summed E-state index contributed by atoms with van der Waals surface area (Å²) in [6.07, 6.45) is 4.34. The van der Waals surface area contributed by atoms with Crippen molar-refractivity contribution in [2.24, 2.45) is 4.99 Å². The Labute approximate surface area is 228 Å². The molecule has 3 aliphatic heterocycles. The van der Waals surface area contributed by atoms with E-state index < -0.39 is 0 Å². The lowest BCUT2D eigenvalue weighted by Crippen LogP contribution is -2.50. The van der Waals surface area contributed by atoms with Gasteiger partial charge in [-0.3, -0.25) is 9.79 Å². The highest BCUT2D eigenvalue weighted by Crippen LogP contribution is 2.32. The molecule has 8 nitrogen and oxygen atoms in total. The first-order chi connectivity index (χ1) is 18.6. The SMILES string of the molecule is Cc1ccc(Cl)cc1N1CCN(C(=O)CNc2c(-c3ccc(N4CCCC4)cc3)nc3n2CCN=C3)CC1. The zero-order valence-electron chi connectivity index (χ0n) is 21.9. The van der Waals surface area contributed by atoms with Gasteiger partial charge in [0.25, 0.3) is 0 Å². The molecule has 6 rings (SSSR count). The number of nitrogens with zero attached hydrogens (tertiary/aromatic N) is 6. The number of halogens is 1. The quantitative estimate of drug-likeness (QED) is 0.513. The average molecular weight is 532 g/mol. The van der Waals surface area contributed by atoms with Crippen LogP contribution < -0.4 is 15.1 Å². The maximum Gasteiger partial charge on any atom is 0.242 e. The zero-order chi connectivity index (χ0) is 26.1. The van der Waals surface area contributed by atoms with Gasteiger partial charge in [-0.15, -0.1) is 0 Å². The molecule has 2 aromatic carbocycles. The van der Waals surface area contributed by atoms with Crippen LogP contribution in [0.4, 0.5) is 17.2 Å². The molecule has 1 amide bonds. The number of aromatic nitrogens is 2. The summed E-state index contributed by atoms with van der Waals surface area (Å²) in [4.78, 5) is 29.2. The fourth-order valence-corrected chi connectivity index (χ4v) is 5.84. The average Bonchev–Trinajstić information content (AvgIpc) is 3.62. The fraction of sp³-hybridized carbons (Fsp3) is 0.414. The predicted molar refractivity (Wildman–Crippen MR) is 155 cm³/mol. The Morgan fingerprint density at radius 1 is 0.947 bits per heavy atom. The van der Waals surface area contributed by atoms with Gasteiger partial charge in [0.1, 0.15) is 11.5 Å². The van der Waals surface area contributed by atoms with Crippen molar-refractivity contribution in [2.45, 2.75) is 26.3 Å². The first-order valence-corrected chi connectivity index (χ1v) is 13.9. The van der Waals surface area contributed by atoms with Crippen LogP contribution in [0.25, 0.3) is 11.3 Å². The fourth-order valence-electron chi connectivity index (χ4n) is 5.68. The van der Waals surface area contributed by atoms with Crippen molar-refractivity contribution in [3.05, 3.63) is 58.9 Å². The van der Waals surface area contributed by atoms with Gasteiger partial charge in [0.2, 0.25) is 5.91 Å². The molecule has 198 valence electrons. The van der Waals surface area contributed by atoms with Crippen molar-refractivity contribution in [3.63, 3.8) is 0 Å². The molecule has 0 spiro atoms. The number of carbonyl (C=O) groups is 1. The third-order valence-electron chi connectivity index (χ3n) is 7.82. The molecule has 9 heteroatoms. The highest BCUT2D eigenvalue weighted by molar-refractivity contribution is 6.30. The van der Waals surface area contributed by atoms with Crippen LogP contribution in [0, 0.1) is 6.92 Å². The molecule has 0 saturated carbocycles. The van der Waals surface area contributed by atoms with Gasteiger partial charge >= 0.3 is 0 Å². The third-order valence-corrected chi connectivity index (χ3v) is 8.05. The standard InChI is InChI=1S/C29H34ClN7O/c1-21-4-7-23(30)18-25(21)35-14-16-36(17-15-35)27(38)20-32-29-28(33-26-19-31-10-13-37(26)29)22-5-8-24(9-6-22)34-11-2-3-12-34/h4-9,18-19,32H,2-3,10-17,20H2,1H3. The lowest BCUT2D eigenvalue weighted by molar-refractivity contribution is -0.129. The Morgan fingerprint density at radius 2 is 1.71 bits per heavy atom. The van der Waals surface area contributed by atoms with Crippen LogP contribution in [0.5, 0.6) is 0 Å².